The van der Waals surface area contributed by atoms with Gasteiger partial charge in [-0.1, -0.05) is 11.6 Å². The van der Waals surface area contributed by atoms with E-state index < -0.39 is 0 Å². The number of hydrogen-bond acceptors (Lipinski definition) is 3. The fourth-order valence-electron chi connectivity index (χ4n) is 0.785. The summed E-state index contributed by atoms with van der Waals surface area (Å²) < 4.78 is 6.97. The molecule has 0 aliphatic rings. The minimum Gasteiger partial charge on any atom is -0.379 e. The quantitative estimate of drug-likeness (QED) is 0.584. The first-order valence-electron chi connectivity index (χ1n) is 3.69. The second-order valence-electron chi connectivity index (χ2n) is 2.26. The van der Waals surface area contributed by atoms with E-state index in [0.29, 0.717) is 18.2 Å². The van der Waals surface area contributed by atoms with Crippen molar-refractivity contribution in [2.45, 2.75) is 6.54 Å². The third kappa shape index (κ3) is 3.47. The topological polar surface area (TPSA) is 27.1 Å². The Morgan fingerprint density at radius 1 is 1.58 bits per heavy atom. The minimum absolute atomic E-state index is 0.651. The number of nitrogens with zero attached hydrogens (tertiary/aromatic N) is 2. The molecule has 1 aromatic heterocycles. The third-order valence-electron chi connectivity index (χ3n) is 1.30. The van der Waals surface area contributed by atoms with Crippen LogP contribution in [0.5, 0.6) is 0 Å². The van der Waals surface area contributed by atoms with E-state index >= 15 is 0 Å². The molecule has 0 aliphatic carbocycles. The predicted octanol–water partition coefficient (Wildman–Crippen LogP) is 1.48. The van der Waals surface area contributed by atoms with Crippen molar-refractivity contribution in [2.75, 3.05) is 19.0 Å². The molecule has 0 atom stereocenters. The zero-order valence-corrected chi connectivity index (χ0v) is 8.26. The van der Waals surface area contributed by atoms with Gasteiger partial charge in [0, 0.05) is 11.9 Å². The van der Waals surface area contributed by atoms with Crippen LogP contribution in [0.3, 0.4) is 0 Å². The first kappa shape index (κ1) is 9.89. The highest BCUT2D eigenvalue weighted by atomic mass is 35.5. The van der Waals surface area contributed by atoms with Crippen molar-refractivity contribution in [2.24, 2.45) is 0 Å². The third-order valence-corrected chi connectivity index (χ3v) is 1.68. The molecule has 0 amide bonds. The maximum atomic E-state index is 5.66. The number of halogens is 1. The summed E-state index contributed by atoms with van der Waals surface area (Å²) in [5, 5.41) is 4.66. The van der Waals surface area contributed by atoms with E-state index in [-0.39, 0.29) is 0 Å². The average Bonchev–Trinajstić information content (AvgIpc) is 2.45. The lowest BCUT2D eigenvalue weighted by Crippen LogP contribution is -2.07. The standard InChI is InChI=1S/C7H11ClN2OS/c8-7-5-9-10(6-7)1-2-11-3-4-12/h5-6,12H,1-4H2. The van der Waals surface area contributed by atoms with E-state index in [2.05, 4.69) is 17.7 Å². The Labute approximate surface area is 82.1 Å². The van der Waals surface area contributed by atoms with Gasteiger partial charge in [-0.05, 0) is 0 Å². The zero-order chi connectivity index (χ0) is 8.81. The maximum absolute atomic E-state index is 5.66. The van der Waals surface area contributed by atoms with Crippen LogP contribution in [-0.4, -0.2) is 28.7 Å². The lowest BCUT2D eigenvalue weighted by molar-refractivity contribution is 0.139. The summed E-state index contributed by atoms with van der Waals surface area (Å²) in [5.74, 6) is 0.750. The number of rotatable bonds is 5. The Hall–Kier alpha value is -0.190. The highest BCUT2D eigenvalue weighted by molar-refractivity contribution is 7.80. The van der Waals surface area contributed by atoms with Crippen LogP contribution in [-0.2, 0) is 11.3 Å². The Kier molecular flexibility index (Phi) is 4.50. The van der Waals surface area contributed by atoms with E-state index in [9.17, 15) is 0 Å². The Morgan fingerprint density at radius 2 is 2.42 bits per heavy atom. The summed E-state index contributed by atoms with van der Waals surface area (Å²) in [7, 11) is 0. The molecule has 0 fully saturated rings. The number of thiol groups is 1. The molecule has 0 aromatic carbocycles. The molecule has 1 aromatic rings. The van der Waals surface area contributed by atoms with Gasteiger partial charge in [0.1, 0.15) is 0 Å². The lowest BCUT2D eigenvalue weighted by atomic mass is 10.6. The summed E-state index contributed by atoms with van der Waals surface area (Å²) in [6, 6.07) is 0. The fraction of sp³-hybridized carbons (Fsp3) is 0.571. The van der Waals surface area contributed by atoms with Crippen LogP contribution in [0.4, 0.5) is 0 Å². The molecule has 0 saturated heterocycles. The van der Waals surface area contributed by atoms with E-state index in [1.165, 1.54) is 0 Å². The van der Waals surface area contributed by atoms with Gasteiger partial charge >= 0.3 is 0 Å². The van der Waals surface area contributed by atoms with Gasteiger partial charge in [-0.3, -0.25) is 4.68 Å². The molecule has 0 spiro atoms. The molecule has 3 nitrogen and oxygen atoms in total. The molecule has 12 heavy (non-hydrogen) atoms. The summed E-state index contributed by atoms with van der Waals surface area (Å²) in [6.07, 6.45) is 3.38. The van der Waals surface area contributed by atoms with E-state index in [1.54, 1.807) is 17.1 Å². The molecule has 0 saturated carbocycles. The van der Waals surface area contributed by atoms with Gasteiger partial charge in [-0.2, -0.15) is 17.7 Å². The highest BCUT2D eigenvalue weighted by Gasteiger charge is 1.94. The van der Waals surface area contributed by atoms with Crippen molar-refractivity contribution in [3.05, 3.63) is 17.4 Å². The molecule has 1 heterocycles. The molecule has 0 radical (unpaired) electrons. The van der Waals surface area contributed by atoms with Gasteiger partial charge in [0.2, 0.25) is 0 Å². The monoisotopic (exact) mass is 206 g/mol. The first-order valence-corrected chi connectivity index (χ1v) is 4.70. The smallest absolute Gasteiger partial charge is 0.0785 e. The van der Waals surface area contributed by atoms with Crippen molar-refractivity contribution < 1.29 is 4.74 Å². The van der Waals surface area contributed by atoms with Crippen LogP contribution in [0.1, 0.15) is 0 Å². The summed E-state index contributed by atoms with van der Waals surface area (Å²) in [4.78, 5) is 0. The average molecular weight is 207 g/mol. The molecular weight excluding hydrogens is 196 g/mol. The van der Waals surface area contributed by atoms with Crippen LogP contribution in [0.25, 0.3) is 0 Å². The Bertz CT molecular complexity index is 229. The molecule has 0 N–H and O–H groups in total. The second-order valence-corrected chi connectivity index (χ2v) is 3.14. The predicted molar refractivity (Wildman–Crippen MR) is 51.9 cm³/mol. The molecular formula is C7H11ClN2OS. The molecule has 1 rings (SSSR count). The molecule has 68 valence electrons. The minimum atomic E-state index is 0.651. The summed E-state index contributed by atoms with van der Waals surface area (Å²) >= 11 is 9.68. The van der Waals surface area contributed by atoms with E-state index in [1.807, 2.05) is 0 Å². The van der Waals surface area contributed by atoms with Gasteiger partial charge < -0.3 is 4.74 Å². The van der Waals surface area contributed by atoms with Gasteiger partial charge in [0.05, 0.1) is 31.0 Å². The number of aromatic nitrogens is 2. The molecule has 0 bridgehead atoms. The van der Waals surface area contributed by atoms with Crippen molar-refractivity contribution >= 4 is 24.2 Å². The van der Waals surface area contributed by atoms with Gasteiger partial charge in [0.25, 0.3) is 0 Å². The molecule has 0 unspecified atom stereocenters. The number of hydrogen-bond donors (Lipinski definition) is 1. The van der Waals surface area contributed by atoms with Crippen molar-refractivity contribution in [1.82, 2.24) is 9.78 Å². The van der Waals surface area contributed by atoms with Crippen LogP contribution in [0.15, 0.2) is 12.4 Å². The number of ether oxygens (including phenoxy) is 1. The second kappa shape index (κ2) is 5.45. The van der Waals surface area contributed by atoms with E-state index in [4.69, 9.17) is 16.3 Å². The highest BCUT2D eigenvalue weighted by Crippen LogP contribution is 2.03. The van der Waals surface area contributed by atoms with Crippen molar-refractivity contribution in [3.8, 4) is 0 Å². The van der Waals surface area contributed by atoms with Gasteiger partial charge in [-0.15, -0.1) is 0 Å². The largest absolute Gasteiger partial charge is 0.379 e. The van der Waals surface area contributed by atoms with Crippen molar-refractivity contribution in [3.63, 3.8) is 0 Å². The normalized spacial score (nSPS) is 10.5. The molecule has 0 aliphatic heterocycles. The van der Waals surface area contributed by atoms with Crippen molar-refractivity contribution in [1.29, 1.82) is 0 Å². The van der Waals surface area contributed by atoms with Crippen LogP contribution in [0, 0.1) is 0 Å². The van der Waals surface area contributed by atoms with Gasteiger partial charge in [-0.25, -0.2) is 0 Å². The summed E-state index contributed by atoms with van der Waals surface area (Å²) in [6.45, 7) is 2.07. The van der Waals surface area contributed by atoms with Crippen LogP contribution < -0.4 is 0 Å². The Morgan fingerprint density at radius 3 is 3.00 bits per heavy atom. The summed E-state index contributed by atoms with van der Waals surface area (Å²) in [5.41, 5.74) is 0. The van der Waals surface area contributed by atoms with Crippen LogP contribution >= 0.6 is 24.2 Å². The maximum Gasteiger partial charge on any atom is 0.0785 e. The lowest BCUT2D eigenvalue weighted by Gasteiger charge is -2.01. The SMILES string of the molecule is SCCOCCn1cc(Cl)cn1. The fourth-order valence-corrected chi connectivity index (χ4v) is 1.07. The molecule has 5 heteroatoms. The van der Waals surface area contributed by atoms with E-state index in [0.717, 1.165) is 12.3 Å². The Balaban J connectivity index is 2.15. The zero-order valence-electron chi connectivity index (χ0n) is 6.61. The first-order chi connectivity index (χ1) is 5.83. The van der Waals surface area contributed by atoms with Crippen LogP contribution in [0.2, 0.25) is 5.02 Å². The van der Waals surface area contributed by atoms with Gasteiger partial charge in [0.15, 0.2) is 0 Å².